The van der Waals surface area contributed by atoms with Gasteiger partial charge in [-0.25, -0.2) is 17.2 Å². The zero-order valence-corrected chi connectivity index (χ0v) is 13.0. The van der Waals surface area contributed by atoms with Gasteiger partial charge in [0.1, 0.15) is 16.5 Å². The van der Waals surface area contributed by atoms with Crippen molar-refractivity contribution in [3.63, 3.8) is 0 Å². The van der Waals surface area contributed by atoms with E-state index in [-0.39, 0.29) is 15.9 Å². The van der Waals surface area contributed by atoms with Crippen LogP contribution in [0, 0.1) is 11.6 Å². The molecule has 0 saturated heterocycles. The number of anilines is 1. The van der Waals surface area contributed by atoms with Gasteiger partial charge in [0, 0.05) is 17.1 Å². The average molecular weight is 377 g/mol. The van der Waals surface area contributed by atoms with E-state index in [2.05, 4.69) is 15.9 Å². The molecule has 0 saturated carbocycles. The molecule has 2 aromatic carbocycles. The first-order valence-electron chi connectivity index (χ1n) is 5.80. The zero-order chi connectivity index (χ0) is 15.6. The van der Waals surface area contributed by atoms with E-state index >= 15 is 0 Å². The number of hydrogen-bond acceptors (Lipinski definition) is 3. The summed E-state index contributed by atoms with van der Waals surface area (Å²) in [5, 5.41) is 0. The molecule has 2 aromatic rings. The Morgan fingerprint density at radius 3 is 2.48 bits per heavy atom. The normalized spacial score (nSPS) is 11.4. The number of rotatable bonds is 4. The molecule has 0 aromatic heterocycles. The molecule has 8 heteroatoms. The Labute approximate surface area is 129 Å². The highest BCUT2D eigenvalue weighted by Crippen LogP contribution is 2.26. The molecule has 112 valence electrons. The van der Waals surface area contributed by atoms with Gasteiger partial charge in [-0.3, -0.25) is 4.72 Å². The van der Waals surface area contributed by atoms with Gasteiger partial charge in [0.15, 0.2) is 0 Å². The summed E-state index contributed by atoms with van der Waals surface area (Å²) in [7, 11) is -4.05. The van der Waals surface area contributed by atoms with Crippen molar-refractivity contribution in [3.05, 3.63) is 58.1 Å². The summed E-state index contributed by atoms with van der Waals surface area (Å²) < 4.78 is 53.3. The highest BCUT2D eigenvalue weighted by molar-refractivity contribution is 9.10. The first kappa shape index (κ1) is 15.9. The molecule has 0 fully saturated rings. The summed E-state index contributed by atoms with van der Waals surface area (Å²) in [5.41, 5.74) is 5.74. The predicted molar refractivity (Wildman–Crippen MR) is 79.2 cm³/mol. The van der Waals surface area contributed by atoms with E-state index in [9.17, 15) is 17.2 Å². The molecule has 0 aliphatic rings. The largest absolute Gasteiger partial charge is 0.326 e. The molecule has 0 aliphatic heterocycles. The molecule has 4 nitrogen and oxygen atoms in total. The van der Waals surface area contributed by atoms with Gasteiger partial charge in [0.05, 0.1) is 5.69 Å². The molecule has 2 rings (SSSR count). The summed E-state index contributed by atoms with van der Waals surface area (Å²) >= 11 is 3.13. The summed E-state index contributed by atoms with van der Waals surface area (Å²) in [6.45, 7) is 0.255. The molecule has 3 N–H and O–H groups in total. The van der Waals surface area contributed by atoms with Gasteiger partial charge in [0.25, 0.3) is 10.0 Å². The van der Waals surface area contributed by atoms with Gasteiger partial charge in [-0.15, -0.1) is 0 Å². The van der Waals surface area contributed by atoms with E-state index in [4.69, 9.17) is 5.73 Å². The number of nitrogens with two attached hydrogens (primary N) is 1. The monoisotopic (exact) mass is 376 g/mol. The smallest absolute Gasteiger partial charge is 0.263 e. The molecular weight excluding hydrogens is 366 g/mol. The van der Waals surface area contributed by atoms with Crippen LogP contribution in [-0.2, 0) is 16.6 Å². The van der Waals surface area contributed by atoms with Crippen LogP contribution in [0.5, 0.6) is 0 Å². The fourth-order valence-corrected chi connectivity index (χ4v) is 3.85. The van der Waals surface area contributed by atoms with Crippen LogP contribution in [-0.4, -0.2) is 8.42 Å². The maximum Gasteiger partial charge on any atom is 0.263 e. The Kier molecular flexibility index (Phi) is 4.60. The van der Waals surface area contributed by atoms with Crippen LogP contribution in [0.25, 0.3) is 0 Å². The second kappa shape index (κ2) is 6.08. The standard InChI is InChI=1S/C13H11BrF2N2O2S/c14-10-5-8(7-17)1-4-13(10)21(19,20)18-12-6-9(15)2-3-11(12)16/h1-6,18H,7,17H2. The van der Waals surface area contributed by atoms with E-state index in [0.717, 1.165) is 23.8 Å². The number of nitrogens with one attached hydrogen (secondary N) is 1. The van der Waals surface area contributed by atoms with Gasteiger partial charge >= 0.3 is 0 Å². The summed E-state index contributed by atoms with van der Waals surface area (Å²) in [6.07, 6.45) is 0. The van der Waals surface area contributed by atoms with E-state index in [1.54, 1.807) is 12.1 Å². The van der Waals surface area contributed by atoms with Crippen LogP contribution >= 0.6 is 15.9 Å². The lowest BCUT2D eigenvalue weighted by atomic mass is 10.2. The van der Waals surface area contributed by atoms with Crippen molar-refractivity contribution < 1.29 is 17.2 Å². The molecule has 0 heterocycles. The van der Waals surface area contributed by atoms with Gasteiger partial charge in [-0.1, -0.05) is 6.07 Å². The van der Waals surface area contributed by atoms with Crippen LogP contribution in [0.1, 0.15) is 5.56 Å². The van der Waals surface area contributed by atoms with E-state index < -0.39 is 27.3 Å². The lowest BCUT2D eigenvalue weighted by Gasteiger charge is -2.11. The fraction of sp³-hybridized carbons (Fsp3) is 0.0769. The summed E-state index contributed by atoms with van der Waals surface area (Å²) in [4.78, 5) is -0.0941. The van der Waals surface area contributed by atoms with Gasteiger partial charge in [-0.05, 0) is 45.8 Å². The molecule has 0 spiro atoms. The first-order chi connectivity index (χ1) is 9.83. The second-order valence-corrected chi connectivity index (χ2v) is 6.70. The van der Waals surface area contributed by atoms with E-state index in [0.29, 0.717) is 0 Å². The minimum absolute atomic E-state index is 0.0941. The van der Waals surface area contributed by atoms with Crippen molar-refractivity contribution in [1.29, 1.82) is 0 Å². The fourth-order valence-electron chi connectivity index (χ4n) is 1.66. The van der Waals surface area contributed by atoms with Crippen LogP contribution < -0.4 is 10.5 Å². The third kappa shape index (κ3) is 3.58. The quantitative estimate of drug-likeness (QED) is 0.861. The van der Waals surface area contributed by atoms with Gasteiger partial charge in [-0.2, -0.15) is 0 Å². The highest BCUT2D eigenvalue weighted by atomic mass is 79.9. The Morgan fingerprint density at radius 2 is 1.86 bits per heavy atom. The van der Waals surface area contributed by atoms with Crippen LogP contribution in [0.15, 0.2) is 45.8 Å². The van der Waals surface area contributed by atoms with Crippen LogP contribution in [0.2, 0.25) is 0 Å². The molecule has 0 aliphatic carbocycles. The molecule has 0 atom stereocenters. The number of benzene rings is 2. The summed E-state index contributed by atoms with van der Waals surface area (Å²) in [6, 6.07) is 6.96. The predicted octanol–water partition coefficient (Wildman–Crippen LogP) is 2.99. The van der Waals surface area contributed by atoms with Crippen molar-refractivity contribution in [3.8, 4) is 0 Å². The van der Waals surface area contributed by atoms with Crippen molar-refractivity contribution in [1.82, 2.24) is 0 Å². The third-order valence-corrected chi connectivity index (χ3v) is 5.04. The van der Waals surface area contributed by atoms with E-state index in [1.165, 1.54) is 6.07 Å². The maximum atomic E-state index is 13.5. The molecule has 21 heavy (non-hydrogen) atoms. The molecule has 0 unspecified atom stereocenters. The Balaban J connectivity index is 2.41. The Hall–Kier alpha value is -1.51. The van der Waals surface area contributed by atoms with Crippen molar-refractivity contribution in [2.45, 2.75) is 11.4 Å². The molecule has 0 amide bonds. The van der Waals surface area contributed by atoms with Crippen LogP contribution in [0.4, 0.5) is 14.5 Å². The SMILES string of the molecule is NCc1ccc(S(=O)(=O)Nc2cc(F)ccc2F)c(Br)c1. The topological polar surface area (TPSA) is 72.2 Å². The lowest BCUT2D eigenvalue weighted by molar-refractivity contribution is 0.594. The first-order valence-corrected chi connectivity index (χ1v) is 8.07. The number of halogens is 3. The number of sulfonamides is 1. The van der Waals surface area contributed by atoms with Crippen molar-refractivity contribution in [2.24, 2.45) is 5.73 Å². The molecular formula is C13H11BrF2N2O2S. The second-order valence-electron chi connectivity index (χ2n) is 4.20. The minimum Gasteiger partial charge on any atom is -0.326 e. The molecule has 0 bridgehead atoms. The highest BCUT2D eigenvalue weighted by Gasteiger charge is 2.19. The lowest BCUT2D eigenvalue weighted by Crippen LogP contribution is -2.15. The van der Waals surface area contributed by atoms with Crippen molar-refractivity contribution >= 4 is 31.6 Å². The average Bonchev–Trinajstić information content (AvgIpc) is 2.42. The third-order valence-electron chi connectivity index (χ3n) is 2.69. The minimum atomic E-state index is -4.05. The van der Waals surface area contributed by atoms with Crippen LogP contribution in [0.3, 0.4) is 0 Å². The zero-order valence-electron chi connectivity index (χ0n) is 10.6. The van der Waals surface area contributed by atoms with Gasteiger partial charge in [0.2, 0.25) is 0 Å². The Morgan fingerprint density at radius 1 is 1.14 bits per heavy atom. The molecule has 0 radical (unpaired) electrons. The number of hydrogen-bond donors (Lipinski definition) is 2. The van der Waals surface area contributed by atoms with E-state index in [1.807, 2.05) is 4.72 Å². The van der Waals surface area contributed by atoms with Crippen molar-refractivity contribution in [2.75, 3.05) is 4.72 Å². The van der Waals surface area contributed by atoms with Gasteiger partial charge < -0.3 is 5.73 Å². The maximum absolute atomic E-state index is 13.5. The summed E-state index contributed by atoms with van der Waals surface area (Å²) in [5.74, 6) is -1.61. The Bertz CT molecular complexity index is 782.